The van der Waals surface area contributed by atoms with Crippen molar-refractivity contribution in [2.24, 2.45) is 0 Å². The summed E-state index contributed by atoms with van der Waals surface area (Å²) in [5.74, 6) is -2.39. The summed E-state index contributed by atoms with van der Waals surface area (Å²) in [5.41, 5.74) is 0. The Morgan fingerprint density at radius 3 is 1.50 bits per heavy atom. The molecule has 0 unspecified atom stereocenters. The van der Waals surface area contributed by atoms with Gasteiger partial charge in [0, 0.05) is 0 Å². The lowest BCUT2D eigenvalue weighted by Gasteiger charge is -2.25. The molecule has 0 aliphatic carbocycles. The van der Waals surface area contributed by atoms with Gasteiger partial charge in [-0.25, -0.2) is 8.78 Å². The third-order valence-electron chi connectivity index (χ3n) is 0.767. The first-order chi connectivity index (χ1) is 2.71. The van der Waals surface area contributed by atoms with Crippen LogP contribution in [0.2, 0.25) is 0 Å². The summed E-state index contributed by atoms with van der Waals surface area (Å²) in [6, 6.07) is 0. The molecule has 1 saturated heterocycles. The monoisotopic (exact) mass is 147 g/mol. The molecule has 1 aliphatic heterocycles. The summed E-state index contributed by atoms with van der Waals surface area (Å²) in [6.07, 6.45) is 0. The van der Waals surface area contributed by atoms with Crippen LogP contribution < -0.4 is 5.32 Å². The Morgan fingerprint density at radius 1 is 1.25 bits per heavy atom. The molecule has 0 amide bonds. The van der Waals surface area contributed by atoms with Gasteiger partial charge in [0.2, 0.25) is 0 Å². The normalized spacial score (nSPS) is 21.8. The number of halogens is 3. The number of rotatable bonds is 0. The van der Waals surface area contributed by atoms with Crippen molar-refractivity contribution in [3.8, 4) is 0 Å². The highest BCUT2D eigenvalue weighted by atomic mass is 35.5. The molecule has 5 heteroatoms. The first kappa shape index (κ1) is 10.9. The quantitative estimate of drug-likeness (QED) is 0.508. The van der Waals surface area contributed by atoms with E-state index < -0.39 is 5.92 Å². The second-order valence-electron chi connectivity index (χ2n) is 1.46. The predicted molar refractivity (Wildman–Crippen MR) is 28.7 cm³/mol. The Labute approximate surface area is 52.0 Å². The third-order valence-corrected chi connectivity index (χ3v) is 0.767. The van der Waals surface area contributed by atoms with Crippen LogP contribution in [0.3, 0.4) is 0 Å². The van der Waals surface area contributed by atoms with Gasteiger partial charge in [-0.1, -0.05) is 0 Å². The van der Waals surface area contributed by atoms with E-state index in [0.29, 0.717) is 0 Å². The maximum absolute atomic E-state index is 11.5. The Bertz CT molecular complexity index is 64.3. The molecular weight excluding hydrogens is 139 g/mol. The highest BCUT2D eigenvalue weighted by molar-refractivity contribution is 5.85. The minimum Gasteiger partial charge on any atom is -0.412 e. The maximum Gasteiger partial charge on any atom is 0.272 e. The molecule has 1 fully saturated rings. The van der Waals surface area contributed by atoms with Crippen LogP contribution in [0.4, 0.5) is 8.78 Å². The lowest BCUT2D eigenvalue weighted by atomic mass is 10.2. The summed E-state index contributed by atoms with van der Waals surface area (Å²) in [6.45, 7) is -0.264. The van der Waals surface area contributed by atoms with Crippen molar-refractivity contribution in [2.75, 3.05) is 13.1 Å². The van der Waals surface area contributed by atoms with Gasteiger partial charge in [0.05, 0.1) is 13.1 Å². The van der Waals surface area contributed by atoms with Crippen molar-refractivity contribution in [3.05, 3.63) is 0 Å². The van der Waals surface area contributed by atoms with Crippen molar-refractivity contribution >= 4 is 12.4 Å². The van der Waals surface area contributed by atoms with Crippen molar-refractivity contribution < 1.29 is 14.3 Å². The van der Waals surface area contributed by atoms with E-state index in [4.69, 9.17) is 0 Å². The molecule has 1 aliphatic rings. The standard InChI is InChI=1S/C3H5F2N.ClH.H2O/c4-3(5)1-6-2-3;;/h6H,1-2H2;1H;1H2. The molecule has 0 radical (unpaired) electrons. The average molecular weight is 148 g/mol. The van der Waals surface area contributed by atoms with Gasteiger partial charge in [-0.3, -0.25) is 0 Å². The molecule has 0 aromatic heterocycles. The summed E-state index contributed by atoms with van der Waals surface area (Å²) in [4.78, 5) is 0. The zero-order valence-corrected chi connectivity index (χ0v) is 4.89. The zero-order valence-electron chi connectivity index (χ0n) is 4.08. The highest BCUT2D eigenvalue weighted by Gasteiger charge is 2.36. The molecule has 0 spiro atoms. The lowest BCUT2D eigenvalue weighted by Crippen LogP contribution is -2.52. The maximum atomic E-state index is 11.5. The van der Waals surface area contributed by atoms with Gasteiger partial charge in [0.15, 0.2) is 0 Å². The van der Waals surface area contributed by atoms with Gasteiger partial charge in [0.25, 0.3) is 5.92 Å². The largest absolute Gasteiger partial charge is 0.412 e. The topological polar surface area (TPSA) is 43.5 Å². The highest BCUT2D eigenvalue weighted by Crippen LogP contribution is 2.16. The fourth-order valence-corrected chi connectivity index (χ4v) is 0.314. The zero-order chi connectivity index (χ0) is 4.62. The van der Waals surface area contributed by atoms with E-state index in [1.165, 1.54) is 0 Å². The van der Waals surface area contributed by atoms with Crippen LogP contribution in [-0.2, 0) is 0 Å². The second kappa shape index (κ2) is 3.17. The number of hydrogen-bond donors (Lipinski definition) is 1. The predicted octanol–water partition coefficient (Wildman–Crippen LogP) is -0.178. The van der Waals surface area contributed by atoms with Crippen LogP contribution in [0.25, 0.3) is 0 Å². The van der Waals surface area contributed by atoms with Gasteiger partial charge < -0.3 is 10.8 Å². The van der Waals surface area contributed by atoms with Crippen LogP contribution in [0, 0.1) is 0 Å². The number of nitrogens with one attached hydrogen (secondary N) is 1. The molecule has 0 aromatic rings. The van der Waals surface area contributed by atoms with E-state index in [1.807, 2.05) is 0 Å². The second-order valence-corrected chi connectivity index (χ2v) is 1.46. The van der Waals surface area contributed by atoms with E-state index in [0.717, 1.165) is 0 Å². The first-order valence-electron chi connectivity index (χ1n) is 1.79. The van der Waals surface area contributed by atoms with Crippen LogP contribution in [0.15, 0.2) is 0 Å². The third kappa shape index (κ3) is 2.40. The Hall–Kier alpha value is 0.0700. The lowest BCUT2D eigenvalue weighted by molar-refractivity contribution is -0.0475. The summed E-state index contributed by atoms with van der Waals surface area (Å²) < 4.78 is 23.0. The minimum absolute atomic E-state index is 0. The molecule has 3 N–H and O–H groups in total. The van der Waals surface area contributed by atoms with Gasteiger partial charge in [-0.2, -0.15) is 0 Å². The molecule has 0 atom stereocenters. The molecule has 2 nitrogen and oxygen atoms in total. The van der Waals surface area contributed by atoms with Crippen LogP contribution in [-0.4, -0.2) is 24.5 Å². The van der Waals surface area contributed by atoms with Gasteiger partial charge >= 0.3 is 0 Å². The summed E-state index contributed by atoms with van der Waals surface area (Å²) >= 11 is 0. The SMILES string of the molecule is Cl.FC1(F)CNC1.O. The van der Waals surface area contributed by atoms with Crippen molar-refractivity contribution in [1.82, 2.24) is 5.32 Å². The smallest absolute Gasteiger partial charge is 0.272 e. The van der Waals surface area contributed by atoms with E-state index in [9.17, 15) is 8.78 Å². The fourth-order valence-electron chi connectivity index (χ4n) is 0.314. The van der Waals surface area contributed by atoms with E-state index in [2.05, 4.69) is 5.32 Å². The van der Waals surface area contributed by atoms with Crippen molar-refractivity contribution in [3.63, 3.8) is 0 Å². The van der Waals surface area contributed by atoms with Crippen molar-refractivity contribution in [2.45, 2.75) is 5.92 Å². The Kier molecular flexibility index (Phi) is 4.33. The molecular formula is C3H8ClF2NO. The molecule has 1 heterocycles. The molecule has 0 saturated carbocycles. The van der Waals surface area contributed by atoms with Gasteiger partial charge in [0.1, 0.15) is 0 Å². The minimum atomic E-state index is -2.39. The number of alkyl halides is 2. The van der Waals surface area contributed by atoms with Crippen LogP contribution >= 0.6 is 12.4 Å². The van der Waals surface area contributed by atoms with Gasteiger partial charge in [-0.15, -0.1) is 12.4 Å². The molecule has 0 bridgehead atoms. The first-order valence-corrected chi connectivity index (χ1v) is 1.79. The van der Waals surface area contributed by atoms with E-state index in [1.54, 1.807) is 0 Å². The molecule has 0 aromatic carbocycles. The van der Waals surface area contributed by atoms with E-state index in [-0.39, 0.29) is 31.0 Å². The van der Waals surface area contributed by atoms with Crippen LogP contribution in [0.1, 0.15) is 0 Å². The fraction of sp³-hybridized carbons (Fsp3) is 1.00. The molecule has 8 heavy (non-hydrogen) atoms. The Morgan fingerprint density at radius 2 is 1.50 bits per heavy atom. The summed E-state index contributed by atoms with van der Waals surface area (Å²) in [7, 11) is 0. The Balaban J connectivity index is 0. The summed E-state index contributed by atoms with van der Waals surface area (Å²) in [5, 5.41) is 2.45. The number of hydrogen-bond acceptors (Lipinski definition) is 1. The van der Waals surface area contributed by atoms with Gasteiger partial charge in [-0.05, 0) is 0 Å². The molecule has 52 valence electrons. The van der Waals surface area contributed by atoms with E-state index >= 15 is 0 Å². The molecule has 1 rings (SSSR count). The average Bonchev–Trinajstić information content (AvgIpc) is 1.32. The van der Waals surface area contributed by atoms with Crippen LogP contribution in [0.5, 0.6) is 0 Å². The van der Waals surface area contributed by atoms with Crippen molar-refractivity contribution in [1.29, 1.82) is 0 Å².